The molecule has 0 spiro atoms. The number of aromatic nitrogens is 2. The van der Waals surface area contributed by atoms with Crippen molar-refractivity contribution in [3.8, 4) is 22.9 Å². The summed E-state index contributed by atoms with van der Waals surface area (Å²) in [5.74, 6) is 2.03. The van der Waals surface area contributed by atoms with Gasteiger partial charge in [0.05, 0.1) is 19.7 Å². The van der Waals surface area contributed by atoms with Crippen LogP contribution in [0.5, 0.6) is 11.5 Å². The number of hydrogen-bond acceptors (Lipinski definition) is 4. The minimum Gasteiger partial charge on any atom is -0.493 e. The van der Waals surface area contributed by atoms with Gasteiger partial charge < -0.3 is 9.47 Å². The summed E-state index contributed by atoms with van der Waals surface area (Å²) in [6, 6.07) is 18.2. The lowest BCUT2D eigenvalue weighted by atomic mass is 10.0. The van der Waals surface area contributed by atoms with Crippen LogP contribution in [0.1, 0.15) is 0 Å². The molecule has 1 heterocycles. The van der Waals surface area contributed by atoms with Crippen LogP contribution in [0.3, 0.4) is 0 Å². The molecule has 4 heteroatoms. The number of ether oxygens (including phenoxy) is 2. The van der Waals surface area contributed by atoms with Crippen molar-refractivity contribution in [2.45, 2.75) is 0 Å². The van der Waals surface area contributed by atoms with Gasteiger partial charge in [0, 0.05) is 23.2 Å². The van der Waals surface area contributed by atoms with E-state index >= 15 is 0 Å². The molecule has 3 aromatic carbocycles. The zero-order chi connectivity index (χ0) is 16.5. The lowest BCUT2D eigenvalue weighted by molar-refractivity contribution is 0.356. The molecule has 0 saturated heterocycles. The SMILES string of the molecule is COc1cc2cnc(-c3cccc4ccccc34)nc2cc1OC. The summed E-state index contributed by atoms with van der Waals surface area (Å²) < 4.78 is 10.7. The summed E-state index contributed by atoms with van der Waals surface area (Å²) in [7, 11) is 3.24. The molecule has 0 amide bonds. The molecule has 0 unspecified atom stereocenters. The second-order valence-corrected chi connectivity index (χ2v) is 5.49. The van der Waals surface area contributed by atoms with Gasteiger partial charge in [-0.05, 0) is 16.8 Å². The Kier molecular flexibility index (Phi) is 3.50. The van der Waals surface area contributed by atoms with Crippen molar-refractivity contribution >= 4 is 21.7 Å². The van der Waals surface area contributed by atoms with E-state index < -0.39 is 0 Å². The molecule has 0 aliphatic rings. The van der Waals surface area contributed by atoms with Gasteiger partial charge in [0.25, 0.3) is 0 Å². The Labute approximate surface area is 139 Å². The summed E-state index contributed by atoms with van der Waals surface area (Å²) in [5.41, 5.74) is 1.84. The van der Waals surface area contributed by atoms with Gasteiger partial charge in [0.1, 0.15) is 0 Å². The molecule has 4 rings (SSSR count). The maximum atomic E-state index is 5.37. The average molecular weight is 316 g/mol. The number of fused-ring (bicyclic) bond motifs is 2. The quantitative estimate of drug-likeness (QED) is 0.559. The highest BCUT2D eigenvalue weighted by atomic mass is 16.5. The molecular weight excluding hydrogens is 300 g/mol. The summed E-state index contributed by atoms with van der Waals surface area (Å²) in [6.07, 6.45) is 1.82. The highest BCUT2D eigenvalue weighted by Crippen LogP contribution is 2.33. The lowest BCUT2D eigenvalue weighted by Gasteiger charge is -2.10. The van der Waals surface area contributed by atoms with E-state index in [1.165, 1.54) is 5.39 Å². The van der Waals surface area contributed by atoms with E-state index in [0.717, 1.165) is 21.9 Å². The highest BCUT2D eigenvalue weighted by Gasteiger charge is 2.10. The third kappa shape index (κ3) is 2.33. The van der Waals surface area contributed by atoms with E-state index in [2.05, 4.69) is 23.2 Å². The minimum atomic E-state index is 0.660. The zero-order valence-corrected chi connectivity index (χ0v) is 13.5. The van der Waals surface area contributed by atoms with Gasteiger partial charge in [0.2, 0.25) is 0 Å². The van der Waals surface area contributed by atoms with Gasteiger partial charge in [-0.1, -0.05) is 42.5 Å². The Morgan fingerprint density at radius 2 is 1.54 bits per heavy atom. The number of benzene rings is 3. The molecule has 1 aromatic heterocycles. The Morgan fingerprint density at radius 1 is 0.792 bits per heavy atom. The van der Waals surface area contributed by atoms with E-state index in [4.69, 9.17) is 14.5 Å². The number of hydrogen-bond donors (Lipinski definition) is 0. The van der Waals surface area contributed by atoms with Gasteiger partial charge in [-0.2, -0.15) is 0 Å². The Hall–Kier alpha value is -3.14. The Balaban J connectivity index is 1.94. The van der Waals surface area contributed by atoms with Crippen molar-refractivity contribution in [3.63, 3.8) is 0 Å². The second kappa shape index (κ2) is 5.81. The molecule has 0 fully saturated rings. The molecule has 0 N–H and O–H groups in total. The van der Waals surface area contributed by atoms with Gasteiger partial charge in [0.15, 0.2) is 17.3 Å². The average Bonchev–Trinajstić information content (AvgIpc) is 2.66. The van der Waals surface area contributed by atoms with Crippen molar-refractivity contribution in [3.05, 3.63) is 60.8 Å². The molecule has 0 atom stereocenters. The van der Waals surface area contributed by atoms with Crippen molar-refractivity contribution in [1.29, 1.82) is 0 Å². The first-order chi connectivity index (χ1) is 11.8. The maximum absolute atomic E-state index is 5.37. The van der Waals surface area contributed by atoms with Crippen LogP contribution in [-0.4, -0.2) is 24.2 Å². The second-order valence-electron chi connectivity index (χ2n) is 5.49. The number of methoxy groups -OCH3 is 2. The number of rotatable bonds is 3. The highest BCUT2D eigenvalue weighted by molar-refractivity contribution is 5.96. The van der Waals surface area contributed by atoms with E-state index in [-0.39, 0.29) is 0 Å². The fraction of sp³-hybridized carbons (Fsp3) is 0.100. The fourth-order valence-corrected chi connectivity index (χ4v) is 2.91. The van der Waals surface area contributed by atoms with Gasteiger partial charge in [-0.25, -0.2) is 9.97 Å². The van der Waals surface area contributed by atoms with Crippen molar-refractivity contribution in [1.82, 2.24) is 9.97 Å². The molecule has 118 valence electrons. The standard InChI is InChI=1S/C20H16N2O2/c1-23-18-10-14-12-21-20(22-17(14)11-19(18)24-2)16-9-5-7-13-6-3-4-8-15(13)16/h3-12H,1-2H3. The third-order valence-electron chi connectivity index (χ3n) is 4.12. The Bertz CT molecular complexity index is 1040. The normalized spacial score (nSPS) is 10.9. The molecule has 24 heavy (non-hydrogen) atoms. The molecule has 0 aliphatic heterocycles. The van der Waals surface area contributed by atoms with Crippen LogP contribution >= 0.6 is 0 Å². The van der Waals surface area contributed by atoms with Gasteiger partial charge in [-0.15, -0.1) is 0 Å². The van der Waals surface area contributed by atoms with Gasteiger partial charge >= 0.3 is 0 Å². The van der Waals surface area contributed by atoms with Crippen LogP contribution in [0, 0.1) is 0 Å². The molecule has 0 aliphatic carbocycles. The van der Waals surface area contributed by atoms with Crippen LogP contribution in [0.4, 0.5) is 0 Å². The number of nitrogens with zero attached hydrogens (tertiary/aromatic N) is 2. The molecule has 4 aromatic rings. The van der Waals surface area contributed by atoms with E-state index in [9.17, 15) is 0 Å². The maximum Gasteiger partial charge on any atom is 0.162 e. The monoisotopic (exact) mass is 316 g/mol. The summed E-state index contributed by atoms with van der Waals surface area (Å²) in [4.78, 5) is 9.28. The predicted octanol–water partition coefficient (Wildman–Crippen LogP) is 4.47. The molecule has 0 bridgehead atoms. The molecule has 0 saturated carbocycles. The first kappa shape index (κ1) is 14.5. The Morgan fingerprint density at radius 3 is 2.38 bits per heavy atom. The summed E-state index contributed by atoms with van der Waals surface area (Å²) >= 11 is 0. The van der Waals surface area contributed by atoms with Crippen LogP contribution in [0.15, 0.2) is 60.8 Å². The van der Waals surface area contributed by atoms with Crippen molar-refractivity contribution < 1.29 is 9.47 Å². The minimum absolute atomic E-state index is 0.660. The third-order valence-corrected chi connectivity index (χ3v) is 4.12. The van der Waals surface area contributed by atoms with Gasteiger partial charge in [-0.3, -0.25) is 0 Å². The van der Waals surface area contributed by atoms with E-state index in [1.54, 1.807) is 14.2 Å². The predicted molar refractivity (Wildman–Crippen MR) is 95.6 cm³/mol. The van der Waals surface area contributed by atoms with Crippen molar-refractivity contribution in [2.75, 3.05) is 14.2 Å². The summed E-state index contributed by atoms with van der Waals surface area (Å²) in [6.45, 7) is 0. The van der Waals surface area contributed by atoms with Crippen LogP contribution in [0.25, 0.3) is 33.1 Å². The fourth-order valence-electron chi connectivity index (χ4n) is 2.91. The first-order valence-electron chi connectivity index (χ1n) is 7.67. The van der Waals surface area contributed by atoms with Crippen LogP contribution in [-0.2, 0) is 0 Å². The van der Waals surface area contributed by atoms with Crippen LogP contribution < -0.4 is 9.47 Å². The largest absolute Gasteiger partial charge is 0.493 e. The summed E-state index contributed by atoms with van der Waals surface area (Å²) in [5, 5.41) is 3.22. The van der Waals surface area contributed by atoms with E-state index in [1.807, 2.05) is 42.6 Å². The lowest BCUT2D eigenvalue weighted by Crippen LogP contribution is -1.94. The first-order valence-corrected chi connectivity index (χ1v) is 7.67. The van der Waals surface area contributed by atoms with Crippen molar-refractivity contribution in [2.24, 2.45) is 0 Å². The van der Waals surface area contributed by atoms with E-state index in [0.29, 0.717) is 17.3 Å². The zero-order valence-electron chi connectivity index (χ0n) is 13.5. The topological polar surface area (TPSA) is 44.2 Å². The molecule has 0 radical (unpaired) electrons. The smallest absolute Gasteiger partial charge is 0.162 e. The molecular formula is C20H16N2O2. The molecule has 4 nitrogen and oxygen atoms in total. The van der Waals surface area contributed by atoms with Crippen LogP contribution in [0.2, 0.25) is 0 Å².